The molecule has 1 aliphatic rings. The molecule has 1 saturated heterocycles. The molecular formula is C8H14F2INO. The zero-order valence-electron chi connectivity index (χ0n) is 7.77. The summed E-state index contributed by atoms with van der Waals surface area (Å²) in [7, 11) is 1.72. The van der Waals surface area contributed by atoms with E-state index in [-0.39, 0.29) is 23.1 Å². The molecule has 0 aromatic heterocycles. The average Bonchev–Trinajstić information content (AvgIpc) is 2.20. The second kappa shape index (κ2) is 4.35. The van der Waals surface area contributed by atoms with E-state index < -0.39 is 5.92 Å². The minimum Gasteiger partial charge on any atom is -0.367 e. The monoisotopic (exact) mass is 305 g/mol. The van der Waals surface area contributed by atoms with E-state index in [4.69, 9.17) is 4.74 Å². The molecule has 0 aromatic carbocycles. The number of alkyl halides is 3. The minimum absolute atomic E-state index is 0.0765. The number of rotatable bonds is 3. The number of nitrogens with zero attached hydrogens (tertiary/aromatic N) is 1. The Morgan fingerprint density at radius 3 is 2.69 bits per heavy atom. The third-order valence-corrected chi connectivity index (χ3v) is 2.52. The number of ether oxygens (including phenoxy) is 1. The van der Waals surface area contributed by atoms with Crippen molar-refractivity contribution in [3.05, 3.63) is 0 Å². The third kappa shape index (κ3) is 3.63. The lowest BCUT2D eigenvalue weighted by atomic mass is 10.2. The summed E-state index contributed by atoms with van der Waals surface area (Å²) < 4.78 is 31.1. The van der Waals surface area contributed by atoms with Crippen LogP contribution in [-0.4, -0.2) is 41.2 Å². The summed E-state index contributed by atoms with van der Waals surface area (Å²) in [4.78, 5) is 1.67. The molecule has 0 aliphatic carbocycles. The highest BCUT2D eigenvalue weighted by atomic mass is 127. The molecule has 0 radical (unpaired) electrons. The predicted molar refractivity (Wildman–Crippen MR) is 55.4 cm³/mol. The molecule has 2 nitrogen and oxygen atoms in total. The predicted octanol–water partition coefficient (Wildman–Crippen LogP) is 2.12. The summed E-state index contributed by atoms with van der Waals surface area (Å²) in [6.07, 6.45) is -0.0765. The summed E-state index contributed by atoms with van der Waals surface area (Å²) in [5.74, 6) is -2.53. The Balaban J connectivity index is 2.35. The van der Waals surface area contributed by atoms with Gasteiger partial charge in [-0.25, -0.2) is 8.78 Å². The highest BCUT2D eigenvalue weighted by Gasteiger charge is 2.43. The Hall–Kier alpha value is 0.510. The third-order valence-electron chi connectivity index (χ3n) is 2.16. The molecule has 13 heavy (non-hydrogen) atoms. The van der Waals surface area contributed by atoms with Gasteiger partial charge in [-0.15, -0.1) is 0 Å². The highest BCUT2D eigenvalue weighted by Crippen LogP contribution is 2.31. The zero-order valence-corrected chi connectivity index (χ0v) is 9.92. The molecule has 0 bridgehead atoms. The molecule has 2 atom stereocenters. The van der Waals surface area contributed by atoms with E-state index in [1.165, 1.54) is 0 Å². The summed E-state index contributed by atoms with van der Waals surface area (Å²) in [5.41, 5.74) is 0. The van der Waals surface area contributed by atoms with Crippen LogP contribution in [0.5, 0.6) is 0 Å². The van der Waals surface area contributed by atoms with Gasteiger partial charge in [-0.3, -0.25) is 4.90 Å². The Morgan fingerprint density at radius 1 is 1.69 bits per heavy atom. The van der Waals surface area contributed by atoms with Gasteiger partial charge < -0.3 is 4.74 Å². The van der Waals surface area contributed by atoms with E-state index in [1.54, 1.807) is 11.9 Å². The summed E-state index contributed by atoms with van der Waals surface area (Å²) in [6, 6.07) is -0.132. The van der Waals surface area contributed by atoms with Gasteiger partial charge in [0, 0.05) is 12.5 Å². The van der Waals surface area contributed by atoms with E-state index in [2.05, 4.69) is 22.6 Å². The number of likely N-dealkylation sites (tertiary alicyclic amines) is 1. The first-order chi connectivity index (χ1) is 5.91. The van der Waals surface area contributed by atoms with Crippen LogP contribution in [0.25, 0.3) is 0 Å². The molecule has 2 unspecified atom stereocenters. The van der Waals surface area contributed by atoms with E-state index in [1.807, 2.05) is 6.92 Å². The molecule has 0 spiro atoms. The van der Waals surface area contributed by atoms with E-state index in [0.29, 0.717) is 6.61 Å². The van der Waals surface area contributed by atoms with Crippen LogP contribution in [-0.2, 0) is 4.74 Å². The van der Waals surface area contributed by atoms with Gasteiger partial charge in [-0.05, 0) is 14.0 Å². The molecular weight excluding hydrogens is 291 g/mol. The Kier molecular flexibility index (Phi) is 3.88. The van der Waals surface area contributed by atoms with Gasteiger partial charge >= 0.3 is 0 Å². The number of halogens is 3. The van der Waals surface area contributed by atoms with Crippen molar-refractivity contribution in [1.29, 1.82) is 0 Å². The van der Waals surface area contributed by atoms with Crippen molar-refractivity contribution >= 4 is 22.6 Å². The maximum absolute atomic E-state index is 12.9. The van der Waals surface area contributed by atoms with Crippen molar-refractivity contribution < 1.29 is 13.5 Å². The maximum atomic E-state index is 12.9. The smallest absolute Gasteiger partial charge is 0.262 e. The highest BCUT2D eigenvalue weighted by molar-refractivity contribution is 14.1. The first-order valence-corrected chi connectivity index (χ1v) is 5.49. The van der Waals surface area contributed by atoms with Crippen molar-refractivity contribution in [3.8, 4) is 0 Å². The van der Waals surface area contributed by atoms with Gasteiger partial charge in [0.05, 0.1) is 13.2 Å². The largest absolute Gasteiger partial charge is 0.367 e. The zero-order chi connectivity index (χ0) is 10.1. The summed E-state index contributed by atoms with van der Waals surface area (Å²) in [6.45, 7) is 2.15. The van der Waals surface area contributed by atoms with Crippen molar-refractivity contribution in [2.24, 2.45) is 0 Å². The van der Waals surface area contributed by atoms with E-state index in [0.717, 1.165) is 0 Å². The molecule has 0 saturated carbocycles. The van der Waals surface area contributed by atoms with Crippen LogP contribution in [0.2, 0.25) is 0 Å². The molecule has 1 fully saturated rings. The topological polar surface area (TPSA) is 12.5 Å². The first-order valence-electron chi connectivity index (χ1n) is 4.24. The lowest BCUT2D eigenvalue weighted by Crippen LogP contribution is -2.30. The molecule has 0 aromatic rings. The summed E-state index contributed by atoms with van der Waals surface area (Å²) in [5, 5.41) is 0. The fourth-order valence-corrected chi connectivity index (χ4v) is 1.70. The van der Waals surface area contributed by atoms with Crippen LogP contribution >= 0.6 is 22.6 Å². The van der Waals surface area contributed by atoms with Crippen LogP contribution in [0.4, 0.5) is 8.78 Å². The van der Waals surface area contributed by atoms with Crippen LogP contribution in [0, 0.1) is 0 Å². The van der Waals surface area contributed by atoms with E-state index >= 15 is 0 Å². The number of hydrogen-bond acceptors (Lipinski definition) is 2. The number of hydrogen-bond donors (Lipinski definition) is 0. The average molecular weight is 305 g/mol. The molecule has 78 valence electrons. The molecule has 0 amide bonds. The Labute approximate surface area is 90.8 Å². The standard InChI is InChI=1S/C8H14F2INO/c1-6(11)13-4-7-3-8(9,10)5-12(7)2/h6-7H,3-5H2,1-2H3. The van der Waals surface area contributed by atoms with Crippen LogP contribution < -0.4 is 0 Å². The minimum atomic E-state index is -2.53. The van der Waals surface area contributed by atoms with Gasteiger partial charge in [-0.2, -0.15) is 0 Å². The normalized spacial score (nSPS) is 30.7. The van der Waals surface area contributed by atoms with Crippen molar-refractivity contribution in [2.75, 3.05) is 20.2 Å². The number of likely N-dealkylation sites (N-methyl/N-ethyl adjacent to an activating group) is 1. The van der Waals surface area contributed by atoms with Gasteiger partial charge in [0.25, 0.3) is 5.92 Å². The lowest BCUT2D eigenvalue weighted by Gasteiger charge is -2.18. The fraction of sp³-hybridized carbons (Fsp3) is 1.00. The second-order valence-electron chi connectivity index (χ2n) is 3.51. The molecule has 5 heteroatoms. The van der Waals surface area contributed by atoms with Crippen LogP contribution in [0.1, 0.15) is 13.3 Å². The molecule has 1 heterocycles. The first kappa shape index (κ1) is 11.6. The fourth-order valence-electron chi connectivity index (χ4n) is 1.49. The van der Waals surface area contributed by atoms with Crippen molar-refractivity contribution in [1.82, 2.24) is 4.90 Å². The Bertz CT molecular complexity index is 178. The van der Waals surface area contributed by atoms with E-state index in [9.17, 15) is 8.78 Å². The van der Waals surface area contributed by atoms with Crippen molar-refractivity contribution in [2.45, 2.75) is 29.4 Å². The van der Waals surface area contributed by atoms with Gasteiger partial charge in [0.2, 0.25) is 0 Å². The Morgan fingerprint density at radius 2 is 2.31 bits per heavy atom. The molecule has 1 rings (SSSR count). The summed E-state index contributed by atoms with van der Waals surface area (Å²) >= 11 is 2.12. The second-order valence-corrected chi connectivity index (χ2v) is 5.26. The molecule has 1 aliphatic heterocycles. The molecule has 0 N–H and O–H groups in total. The van der Waals surface area contributed by atoms with Gasteiger partial charge in [-0.1, -0.05) is 22.6 Å². The van der Waals surface area contributed by atoms with Crippen molar-refractivity contribution in [3.63, 3.8) is 0 Å². The van der Waals surface area contributed by atoms with Crippen LogP contribution in [0.15, 0.2) is 0 Å². The maximum Gasteiger partial charge on any atom is 0.262 e. The lowest BCUT2D eigenvalue weighted by molar-refractivity contribution is 0.0128. The van der Waals surface area contributed by atoms with Gasteiger partial charge in [0.15, 0.2) is 0 Å². The SMILES string of the molecule is CC(I)OCC1CC(F)(F)CN1C. The quantitative estimate of drug-likeness (QED) is 0.585. The van der Waals surface area contributed by atoms with Gasteiger partial charge in [0.1, 0.15) is 4.11 Å². The van der Waals surface area contributed by atoms with Crippen LogP contribution in [0.3, 0.4) is 0 Å².